The highest BCUT2D eigenvalue weighted by Crippen LogP contribution is 2.34. The fraction of sp³-hybridized carbons (Fsp3) is 0.652. The van der Waals surface area contributed by atoms with Crippen LogP contribution in [0.1, 0.15) is 65.4 Å². The molecule has 1 aromatic carbocycles. The summed E-state index contributed by atoms with van der Waals surface area (Å²) < 4.78 is 16.7. The molecule has 0 saturated carbocycles. The predicted octanol–water partition coefficient (Wildman–Crippen LogP) is 3.50. The summed E-state index contributed by atoms with van der Waals surface area (Å²) in [6, 6.07) is 7.14. The number of nitrogens with one attached hydrogen (secondary N) is 1. The van der Waals surface area contributed by atoms with E-state index in [0.717, 1.165) is 5.56 Å². The van der Waals surface area contributed by atoms with Crippen LogP contribution in [0.5, 0.6) is 5.75 Å². The zero-order valence-electron chi connectivity index (χ0n) is 18.7. The van der Waals surface area contributed by atoms with Gasteiger partial charge in [-0.05, 0) is 44.2 Å². The topological polar surface area (TPSA) is 94.1 Å². The molecule has 1 saturated heterocycles. The molecule has 1 aromatic rings. The van der Waals surface area contributed by atoms with Crippen LogP contribution < -0.4 is 5.32 Å². The van der Waals surface area contributed by atoms with E-state index < -0.39 is 17.3 Å². The molecule has 1 aliphatic heterocycles. The second kappa shape index (κ2) is 10.3. The summed E-state index contributed by atoms with van der Waals surface area (Å²) in [5.74, 6) is -0.946. The number of benzene rings is 1. The van der Waals surface area contributed by atoms with Crippen LogP contribution in [-0.2, 0) is 23.8 Å². The van der Waals surface area contributed by atoms with Crippen LogP contribution in [0.4, 0.5) is 0 Å². The van der Waals surface area contributed by atoms with Gasteiger partial charge in [0.05, 0.1) is 13.2 Å². The lowest BCUT2D eigenvalue weighted by Gasteiger charge is -2.44. The summed E-state index contributed by atoms with van der Waals surface area (Å²) in [4.78, 5) is 24.5. The molecule has 30 heavy (non-hydrogen) atoms. The van der Waals surface area contributed by atoms with Crippen molar-refractivity contribution < 1.29 is 28.9 Å². The van der Waals surface area contributed by atoms with E-state index in [1.807, 2.05) is 32.9 Å². The second-order valence-electron chi connectivity index (χ2n) is 9.04. The fourth-order valence-corrected chi connectivity index (χ4v) is 3.35. The van der Waals surface area contributed by atoms with Crippen LogP contribution >= 0.6 is 0 Å². The van der Waals surface area contributed by atoms with E-state index in [2.05, 4.69) is 5.32 Å². The van der Waals surface area contributed by atoms with Crippen LogP contribution in [0.3, 0.4) is 0 Å². The molecule has 0 spiro atoms. The number of rotatable bonds is 9. The van der Waals surface area contributed by atoms with E-state index in [4.69, 9.17) is 14.2 Å². The van der Waals surface area contributed by atoms with Crippen molar-refractivity contribution in [1.29, 1.82) is 0 Å². The second-order valence-corrected chi connectivity index (χ2v) is 9.04. The first-order chi connectivity index (χ1) is 14.0. The van der Waals surface area contributed by atoms with Crippen LogP contribution in [0, 0.1) is 5.41 Å². The Balaban J connectivity index is 1.64. The van der Waals surface area contributed by atoms with Gasteiger partial charge in [-0.15, -0.1) is 0 Å². The summed E-state index contributed by atoms with van der Waals surface area (Å²) in [6.07, 6.45) is 0.805. The maximum Gasteiger partial charge on any atom is 0.305 e. The smallest absolute Gasteiger partial charge is 0.305 e. The lowest BCUT2D eigenvalue weighted by atomic mass is 9.85. The standard InChI is InChI=1S/C23H35NO6/c1-16(17-9-6-7-10-18(17)25)11-12-19(26)28-14-8-13-24-21(27)20-22(2,3)15-29-23(4,5)30-20/h6-7,9-10,16,20,25H,8,11-15H2,1-5H3,(H,24,27). The van der Waals surface area contributed by atoms with Crippen LogP contribution in [-0.4, -0.2) is 48.6 Å². The third-order valence-electron chi connectivity index (χ3n) is 5.27. The van der Waals surface area contributed by atoms with Gasteiger partial charge < -0.3 is 24.6 Å². The average molecular weight is 422 g/mol. The quantitative estimate of drug-likeness (QED) is 0.468. The summed E-state index contributed by atoms with van der Waals surface area (Å²) in [7, 11) is 0. The maximum atomic E-state index is 12.5. The summed E-state index contributed by atoms with van der Waals surface area (Å²) in [5.41, 5.74) is 0.408. The first-order valence-corrected chi connectivity index (χ1v) is 10.5. The van der Waals surface area contributed by atoms with Crippen molar-refractivity contribution >= 4 is 11.9 Å². The van der Waals surface area contributed by atoms with Crippen molar-refractivity contribution in [2.75, 3.05) is 19.8 Å². The highest BCUT2D eigenvalue weighted by atomic mass is 16.7. The van der Waals surface area contributed by atoms with E-state index >= 15 is 0 Å². The fourth-order valence-electron chi connectivity index (χ4n) is 3.35. The van der Waals surface area contributed by atoms with E-state index in [9.17, 15) is 14.7 Å². The van der Waals surface area contributed by atoms with Crippen molar-refractivity contribution in [1.82, 2.24) is 5.32 Å². The molecular formula is C23H35NO6. The minimum absolute atomic E-state index is 0.0603. The average Bonchev–Trinajstić information content (AvgIpc) is 2.68. The number of amides is 1. The molecule has 1 aliphatic rings. The lowest BCUT2D eigenvalue weighted by molar-refractivity contribution is -0.304. The largest absolute Gasteiger partial charge is 0.508 e. The minimum atomic E-state index is -0.791. The van der Waals surface area contributed by atoms with Crippen molar-refractivity contribution in [2.24, 2.45) is 5.41 Å². The Morgan fingerprint density at radius 3 is 2.67 bits per heavy atom. The Kier molecular flexibility index (Phi) is 8.26. The number of esters is 1. The van der Waals surface area contributed by atoms with Gasteiger partial charge in [0.2, 0.25) is 5.91 Å². The van der Waals surface area contributed by atoms with E-state index in [-0.39, 0.29) is 36.6 Å². The molecule has 0 aromatic heterocycles. The van der Waals surface area contributed by atoms with Gasteiger partial charge in [-0.2, -0.15) is 0 Å². The van der Waals surface area contributed by atoms with E-state index in [0.29, 0.717) is 26.0 Å². The van der Waals surface area contributed by atoms with Gasteiger partial charge >= 0.3 is 5.97 Å². The molecule has 1 heterocycles. The number of hydrogen-bond donors (Lipinski definition) is 2. The molecular weight excluding hydrogens is 386 g/mol. The SMILES string of the molecule is CC(CCC(=O)OCCCNC(=O)C1OC(C)(C)OCC1(C)C)c1ccccc1O. The Morgan fingerprint density at radius 1 is 1.27 bits per heavy atom. The summed E-state index contributed by atoms with van der Waals surface area (Å²) >= 11 is 0. The van der Waals surface area contributed by atoms with Gasteiger partial charge in [-0.25, -0.2) is 0 Å². The Labute approximate surface area is 179 Å². The highest BCUT2D eigenvalue weighted by Gasteiger charge is 2.45. The first kappa shape index (κ1) is 24.2. The number of hydrogen-bond acceptors (Lipinski definition) is 6. The molecule has 2 atom stereocenters. The number of phenolic OH excluding ortho intramolecular Hbond substituents is 1. The van der Waals surface area contributed by atoms with Gasteiger partial charge in [0.15, 0.2) is 5.79 Å². The molecule has 0 aliphatic carbocycles. The van der Waals surface area contributed by atoms with Crippen molar-refractivity contribution in [3.63, 3.8) is 0 Å². The van der Waals surface area contributed by atoms with Gasteiger partial charge in [-0.3, -0.25) is 9.59 Å². The number of phenols is 1. The lowest BCUT2D eigenvalue weighted by Crippen LogP contribution is -2.56. The van der Waals surface area contributed by atoms with Crippen LogP contribution in [0.2, 0.25) is 0 Å². The molecule has 1 fully saturated rings. The first-order valence-electron chi connectivity index (χ1n) is 10.5. The van der Waals surface area contributed by atoms with Crippen LogP contribution in [0.15, 0.2) is 24.3 Å². The highest BCUT2D eigenvalue weighted by molar-refractivity contribution is 5.81. The molecule has 2 N–H and O–H groups in total. The molecule has 7 heteroatoms. The zero-order chi connectivity index (χ0) is 22.4. The molecule has 2 unspecified atom stereocenters. The third kappa shape index (κ3) is 6.99. The maximum absolute atomic E-state index is 12.5. The van der Waals surface area contributed by atoms with Crippen molar-refractivity contribution in [3.05, 3.63) is 29.8 Å². The monoisotopic (exact) mass is 421 g/mol. The molecule has 1 amide bonds. The number of aromatic hydroxyl groups is 1. The normalized spacial score (nSPS) is 20.9. The van der Waals surface area contributed by atoms with Crippen molar-refractivity contribution in [2.45, 2.75) is 71.7 Å². The summed E-state index contributed by atoms with van der Waals surface area (Å²) in [6.45, 7) is 10.5. The number of ether oxygens (including phenoxy) is 3. The van der Waals surface area contributed by atoms with Crippen molar-refractivity contribution in [3.8, 4) is 5.75 Å². The number of para-hydroxylation sites is 1. The van der Waals surface area contributed by atoms with E-state index in [1.165, 1.54) is 0 Å². The third-order valence-corrected chi connectivity index (χ3v) is 5.27. The molecule has 0 radical (unpaired) electrons. The number of carbonyl (C=O) groups is 2. The Bertz CT molecular complexity index is 730. The van der Waals surface area contributed by atoms with Crippen LogP contribution in [0.25, 0.3) is 0 Å². The zero-order valence-corrected chi connectivity index (χ0v) is 18.7. The number of carbonyl (C=O) groups excluding carboxylic acids is 2. The van der Waals surface area contributed by atoms with Gasteiger partial charge in [0, 0.05) is 18.4 Å². The summed E-state index contributed by atoms with van der Waals surface area (Å²) in [5, 5.41) is 12.7. The van der Waals surface area contributed by atoms with Gasteiger partial charge in [0.1, 0.15) is 11.9 Å². The molecule has 168 valence electrons. The van der Waals surface area contributed by atoms with E-state index in [1.54, 1.807) is 26.0 Å². The predicted molar refractivity (Wildman–Crippen MR) is 113 cm³/mol. The Hall–Kier alpha value is -2.12. The molecule has 2 rings (SSSR count). The Morgan fingerprint density at radius 2 is 1.97 bits per heavy atom. The molecule has 7 nitrogen and oxygen atoms in total. The van der Waals surface area contributed by atoms with Gasteiger partial charge in [-0.1, -0.05) is 39.0 Å². The van der Waals surface area contributed by atoms with Gasteiger partial charge in [0.25, 0.3) is 0 Å². The minimum Gasteiger partial charge on any atom is -0.508 e. The molecule has 0 bridgehead atoms.